The second-order valence-corrected chi connectivity index (χ2v) is 4.84. The summed E-state index contributed by atoms with van der Waals surface area (Å²) in [7, 11) is 1.60. The van der Waals surface area contributed by atoms with E-state index in [0.717, 1.165) is 15.8 Å². The van der Waals surface area contributed by atoms with Gasteiger partial charge in [0.15, 0.2) is 0 Å². The van der Waals surface area contributed by atoms with Crippen LogP contribution in [0.3, 0.4) is 0 Å². The van der Waals surface area contributed by atoms with Crippen molar-refractivity contribution in [1.29, 1.82) is 0 Å². The first-order valence-corrected chi connectivity index (χ1v) is 6.72. The van der Waals surface area contributed by atoms with E-state index < -0.39 is 0 Å². The van der Waals surface area contributed by atoms with Gasteiger partial charge < -0.3 is 10.1 Å². The number of amides is 1. The quantitative estimate of drug-likeness (QED) is 0.871. The maximum Gasteiger partial charge on any atom is 0.249 e. The first-order valence-electron chi connectivity index (χ1n) is 5.92. The number of pyridine rings is 1. The molecular formula is C15H13BrN2O2. The van der Waals surface area contributed by atoms with Crippen molar-refractivity contribution in [3.63, 3.8) is 0 Å². The molecule has 1 aromatic carbocycles. The standard InChI is InChI=1S/C15H13BrN2O2/c1-20-13-5-3-2-4-11(13)6-9-15(19)18-14-8-7-12(16)10-17-14/h2-10H,1H3,(H,17,18,19)/b9-6+. The molecule has 0 saturated carbocycles. The topological polar surface area (TPSA) is 51.2 Å². The Bertz CT molecular complexity index is 624. The van der Waals surface area contributed by atoms with Crippen LogP contribution in [-0.2, 0) is 4.79 Å². The molecule has 0 bridgehead atoms. The summed E-state index contributed by atoms with van der Waals surface area (Å²) >= 11 is 3.29. The zero-order valence-electron chi connectivity index (χ0n) is 10.8. The molecule has 0 aliphatic rings. The molecule has 1 heterocycles. The summed E-state index contributed by atoms with van der Waals surface area (Å²) < 4.78 is 6.07. The monoisotopic (exact) mass is 332 g/mol. The minimum Gasteiger partial charge on any atom is -0.496 e. The van der Waals surface area contributed by atoms with Crippen LogP contribution in [-0.4, -0.2) is 18.0 Å². The summed E-state index contributed by atoms with van der Waals surface area (Å²) in [4.78, 5) is 15.8. The fraction of sp³-hybridized carbons (Fsp3) is 0.0667. The fourth-order valence-electron chi connectivity index (χ4n) is 1.59. The van der Waals surface area contributed by atoms with E-state index in [4.69, 9.17) is 4.74 Å². The Labute approximate surface area is 125 Å². The highest BCUT2D eigenvalue weighted by molar-refractivity contribution is 9.10. The molecule has 4 nitrogen and oxygen atoms in total. The van der Waals surface area contributed by atoms with Gasteiger partial charge in [0.1, 0.15) is 11.6 Å². The Kier molecular flexibility index (Phi) is 4.90. The van der Waals surface area contributed by atoms with Crippen molar-refractivity contribution in [2.45, 2.75) is 0 Å². The van der Waals surface area contributed by atoms with Gasteiger partial charge in [0.2, 0.25) is 5.91 Å². The molecule has 0 spiro atoms. The molecule has 102 valence electrons. The van der Waals surface area contributed by atoms with Crippen LogP contribution in [0.25, 0.3) is 6.08 Å². The van der Waals surface area contributed by atoms with Crippen LogP contribution in [0, 0.1) is 0 Å². The number of para-hydroxylation sites is 1. The number of hydrogen-bond donors (Lipinski definition) is 1. The van der Waals surface area contributed by atoms with Crippen molar-refractivity contribution in [3.05, 3.63) is 58.7 Å². The average molecular weight is 333 g/mol. The molecule has 1 amide bonds. The number of ether oxygens (including phenoxy) is 1. The number of anilines is 1. The number of nitrogens with one attached hydrogen (secondary N) is 1. The predicted octanol–water partition coefficient (Wildman–Crippen LogP) is 3.50. The van der Waals surface area contributed by atoms with Gasteiger partial charge in [0, 0.05) is 22.3 Å². The SMILES string of the molecule is COc1ccccc1/C=C/C(=O)Nc1ccc(Br)cn1. The predicted molar refractivity (Wildman–Crippen MR) is 82.6 cm³/mol. The Balaban J connectivity index is 2.04. The van der Waals surface area contributed by atoms with Crippen LogP contribution in [0.1, 0.15) is 5.56 Å². The molecule has 1 N–H and O–H groups in total. The molecule has 0 fully saturated rings. The van der Waals surface area contributed by atoms with E-state index in [-0.39, 0.29) is 5.91 Å². The van der Waals surface area contributed by atoms with Crippen molar-refractivity contribution in [3.8, 4) is 5.75 Å². The van der Waals surface area contributed by atoms with Gasteiger partial charge >= 0.3 is 0 Å². The maximum absolute atomic E-state index is 11.8. The highest BCUT2D eigenvalue weighted by Crippen LogP contribution is 2.18. The van der Waals surface area contributed by atoms with Gasteiger partial charge in [-0.2, -0.15) is 0 Å². The molecule has 5 heteroatoms. The van der Waals surface area contributed by atoms with E-state index in [1.54, 1.807) is 25.4 Å². The number of hydrogen-bond acceptors (Lipinski definition) is 3. The van der Waals surface area contributed by atoms with Crippen molar-refractivity contribution in [2.24, 2.45) is 0 Å². The van der Waals surface area contributed by atoms with Crippen LogP contribution in [0.5, 0.6) is 5.75 Å². The largest absolute Gasteiger partial charge is 0.496 e. The summed E-state index contributed by atoms with van der Waals surface area (Å²) in [6.45, 7) is 0. The van der Waals surface area contributed by atoms with E-state index in [1.165, 1.54) is 6.08 Å². The normalized spacial score (nSPS) is 10.5. The summed E-state index contributed by atoms with van der Waals surface area (Å²) in [5.41, 5.74) is 0.842. The summed E-state index contributed by atoms with van der Waals surface area (Å²) in [5, 5.41) is 2.68. The van der Waals surface area contributed by atoms with Crippen molar-refractivity contribution < 1.29 is 9.53 Å². The first-order chi connectivity index (χ1) is 9.69. The van der Waals surface area contributed by atoms with Crippen molar-refractivity contribution in [2.75, 3.05) is 12.4 Å². The van der Waals surface area contributed by atoms with Crippen LogP contribution in [0.4, 0.5) is 5.82 Å². The van der Waals surface area contributed by atoms with Gasteiger partial charge in [0.05, 0.1) is 7.11 Å². The number of carbonyl (C=O) groups is 1. The summed E-state index contributed by atoms with van der Waals surface area (Å²) in [5.74, 6) is 0.979. The van der Waals surface area contributed by atoms with Gasteiger partial charge in [-0.3, -0.25) is 4.79 Å². The number of rotatable bonds is 4. The maximum atomic E-state index is 11.8. The van der Waals surface area contributed by atoms with Gasteiger partial charge in [-0.05, 0) is 40.2 Å². The lowest BCUT2D eigenvalue weighted by Crippen LogP contribution is -2.08. The molecular weight excluding hydrogens is 320 g/mol. The number of halogens is 1. The molecule has 1 aromatic heterocycles. The lowest BCUT2D eigenvalue weighted by Gasteiger charge is -2.03. The molecule has 0 radical (unpaired) electrons. The molecule has 2 aromatic rings. The molecule has 0 aliphatic heterocycles. The average Bonchev–Trinajstić information content (AvgIpc) is 2.48. The third kappa shape index (κ3) is 3.93. The van der Waals surface area contributed by atoms with Gasteiger partial charge in [-0.25, -0.2) is 4.98 Å². The number of aromatic nitrogens is 1. The molecule has 2 rings (SSSR count). The minimum atomic E-state index is -0.245. The summed E-state index contributed by atoms with van der Waals surface area (Å²) in [6.07, 6.45) is 4.77. The molecule has 0 unspecified atom stereocenters. The Morgan fingerprint density at radius 1 is 1.30 bits per heavy atom. The van der Waals surface area contributed by atoms with Crippen molar-refractivity contribution in [1.82, 2.24) is 4.98 Å². The third-order valence-corrected chi connectivity index (χ3v) is 3.00. The number of benzene rings is 1. The Hall–Kier alpha value is -2.14. The molecule has 0 saturated heterocycles. The van der Waals surface area contributed by atoms with E-state index in [0.29, 0.717) is 5.82 Å². The highest BCUT2D eigenvalue weighted by Gasteiger charge is 2.01. The van der Waals surface area contributed by atoms with Gasteiger partial charge in [-0.1, -0.05) is 18.2 Å². The highest BCUT2D eigenvalue weighted by atomic mass is 79.9. The number of methoxy groups -OCH3 is 1. The Morgan fingerprint density at radius 2 is 2.10 bits per heavy atom. The number of nitrogens with zero attached hydrogens (tertiary/aromatic N) is 1. The molecule has 20 heavy (non-hydrogen) atoms. The smallest absolute Gasteiger partial charge is 0.249 e. The van der Waals surface area contributed by atoms with Crippen LogP contribution >= 0.6 is 15.9 Å². The molecule has 0 aliphatic carbocycles. The van der Waals surface area contributed by atoms with Crippen LogP contribution < -0.4 is 10.1 Å². The van der Waals surface area contributed by atoms with Crippen LogP contribution in [0.15, 0.2) is 53.1 Å². The van der Waals surface area contributed by atoms with Crippen molar-refractivity contribution >= 4 is 33.7 Å². The zero-order valence-corrected chi connectivity index (χ0v) is 12.4. The number of carbonyl (C=O) groups excluding carboxylic acids is 1. The summed E-state index contributed by atoms with van der Waals surface area (Å²) in [6, 6.07) is 11.0. The lowest BCUT2D eigenvalue weighted by atomic mass is 10.2. The Morgan fingerprint density at radius 3 is 2.80 bits per heavy atom. The zero-order chi connectivity index (χ0) is 14.4. The minimum absolute atomic E-state index is 0.245. The molecule has 0 atom stereocenters. The third-order valence-electron chi connectivity index (χ3n) is 2.53. The van der Waals surface area contributed by atoms with E-state index >= 15 is 0 Å². The second-order valence-electron chi connectivity index (χ2n) is 3.93. The van der Waals surface area contributed by atoms with E-state index in [2.05, 4.69) is 26.2 Å². The second kappa shape index (κ2) is 6.86. The lowest BCUT2D eigenvalue weighted by molar-refractivity contribution is -0.111. The van der Waals surface area contributed by atoms with E-state index in [9.17, 15) is 4.79 Å². The van der Waals surface area contributed by atoms with Gasteiger partial charge in [-0.15, -0.1) is 0 Å². The fourth-order valence-corrected chi connectivity index (χ4v) is 1.82. The van der Waals surface area contributed by atoms with E-state index in [1.807, 2.05) is 30.3 Å². The van der Waals surface area contributed by atoms with Gasteiger partial charge in [0.25, 0.3) is 0 Å². The van der Waals surface area contributed by atoms with Crippen LogP contribution in [0.2, 0.25) is 0 Å². The first kappa shape index (κ1) is 14.3.